The van der Waals surface area contributed by atoms with Crippen LogP contribution in [0, 0.1) is 0 Å². The second kappa shape index (κ2) is 6.71. The van der Waals surface area contributed by atoms with Gasteiger partial charge in [-0.25, -0.2) is 4.79 Å². The minimum absolute atomic E-state index is 0.888. The third-order valence-electron chi connectivity index (χ3n) is 2.30. The van der Waals surface area contributed by atoms with Crippen molar-refractivity contribution in [3.8, 4) is 0 Å². The molecule has 0 aromatic heterocycles. The molecule has 1 fully saturated rings. The normalized spacial score (nSPS) is 17.8. The van der Waals surface area contributed by atoms with Crippen LogP contribution in [0.1, 0.15) is 32.1 Å². The first kappa shape index (κ1) is 12.2. The lowest BCUT2D eigenvalue weighted by molar-refractivity contribution is 0.137. The van der Waals surface area contributed by atoms with Crippen LogP contribution in [0.5, 0.6) is 0 Å². The maximum absolute atomic E-state index is 8.56. The van der Waals surface area contributed by atoms with Gasteiger partial charge in [0.2, 0.25) is 0 Å². The molecule has 0 saturated heterocycles. The van der Waals surface area contributed by atoms with Gasteiger partial charge in [-0.05, 0) is 26.9 Å². The predicted molar refractivity (Wildman–Crippen MR) is 51.2 cm³/mol. The molecule has 0 spiro atoms. The van der Waals surface area contributed by atoms with Crippen molar-refractivity contribution in [2.45, 2.75) is 38.1 Å². The van der Waals surface area contributed by atoms with Gasteiger partial charge in [-0.15, -0.1) is 0 Å². The maximum atomic E-state index is 8.56. The summed E-state index contributed by atoms with van der Waals surface area (Å²) in [5.74, 6) is 0. The summed E-state index contributed by atoms with van der Waals surface area (Å²) >= 11 is 0. The average Bonchev–Trinajstić information content (AvgIpc) is 2.05. The van der Waals surface area contributed by atoms with Crippen LogP contribution < -0.4 is 0 Å². The molecule has 1 aliphatic rings. The Balaban J connectivity index is 0.000000310. The van der Waals surface area contributed by atoms with Gasteiger partial charge >= 0.3 is 6.16 Å². The molecule has 4 nitrogen and oxygen atoms in total. The molecule has 13 heavy (non-hydrogen) atoms. The van der Waals surface area contributed by atoms with E-state index in [2.05, 4.69) is 19.0 Å². The highest BCUT2D eigenvalue weighted by Gasteiger charge is 2.13. The summed E-state index contributed by atoms with van der Waals surface area (Å²) in [7, 11) is 4.38. The standard InChI is InChI=1S/C8H17N.CH2O3/c1-9(2)8-6-4-3-5-7-8;2-1(3)4/h8H,3-7H2,1-2H3;(H2,2,3,4). The number of nitrogens with zero attached hydrogens (tertiary/aromatic N) is 1. The van der Waals surface area contributed by atoms with Crippen LogP contribution in [0.3, 0.4) is 0 Å². The molecule has 78 valence electrons. The van der Waals surface area contributed by atoms with Crippen LogP contribution in [-0.4, -0.2) is 41.4 Å². The average molecular weight is 189 g/mol. The molecule has 0 amide bonds. The molecule has 1 aliphatic carbocycles. The molecule has 1 saturated carbocycles. The highest BCUT2D eigenvalue weighted by Crippen LogP contribution is 2.20. The molecular weight excluding hydrogens is 170 g/mol. The third kappa shape index (κ3) is 7.59. The maximum Gasteiger partial charge on any atom is 0.503 e. The Morgan fingerprint density at radius 3 is 1.77 bits per heavy atom. The van der Waals surface area contributed by atoms with Crippen LogP contribution in [0.2, 0.25) is 0 Å². The minimum atomic E-state index is -1.83. The molecule has 0 aromatic rings. The van der Waals surface area contributed by atoms with E-state index >= 15 is 0 Å². The van der Waals surface area contributed by atoms with E-state index in [-0.39, 0.29) is 0 Å². The Bertz CT molecular complexity index is 138. The molecule has 4 heteroatoms. The van der Waals surface area contributed by atoms with Crippen molar-refractivity contribution in [3.05, 3.63) is 0 Å². The summed E-state index contributed by atoms with van der Waals surface area (Å²) in [6.07, 6.45) is 5.37. The van der Waals surface area contributed by atoms with Crippen molar-refractivity contribution in [1.82, 2.24) is 4.90 Å². The molecule has 0 aliphatic heterocycles. The van der Waals surface area contributed by atoms with Crippen molar-refractivity contribution in [2.24, 2.45) is 0 Å². The summed E-state index contributed by atoms with van der Waals surface area (Å²) in [6, 6.07) is 0.888. The zero-order valence-electron chi connectivity index (χ0n) is 8.36. The van der Waals surface area contributed by atoms with E-state index < -0.39 is 6.16 Å². The second-order valence-electron chi connectivity index (χ2n) is 3.54. The lowest BCUT2D eigenvalue weighted by Gasteiger charge is -2.27. The lowest BCUT2D eigenvalue weighted by Crippen LogP contribution is -2.29. The fourth-order valence-corrected chi connectivity index (χ4v) is 1.60. The van der Waals surface area contributed by atoms with Crippen LogP contribution in [0.25, 0.3) is 0 Å². The van der Waals surface area contributed by atoms with E-state index in [1.54, 1.807) is 0 Å². The van der Waals surface area contributed by atoms with Crippen molar-refractivity contribution >= 4 is 6.16 Å². The Labute approximate surface area is 79.2 Å². The molecular formula is C9H19NO3. The Hall–Kier alpha value is -0.770. The largest absolute Gasteiger partial charge is 0.503 e. The molecule has 2 N–H and O–H groups in total. The van der Waals surface area contributed by atoms with E-state index in [0.29, 0.717) is 0 Å². The quantitative estimate of drug-likeness (QED) is 0.663. The summed E-state index contributed by atoms with van der Waals surface area (Å²) < 4.78 is 0. The van der Waals surface area contributed by atoms with E-state index in [9.17, 15) is 0 Å². The summed E-state index contributed by atoms with van der Waals surface area (Å²) in [4.78, 5) is 10.9. The van der Waals surface area contributed by atoms with Gasteiger partial charge in [0.15, 0.2) is 0 Å². The van der Waals surface area contributed by atoms with Gasteiger partial charge in [0, 0.05) is 6.04 Å². The van der Waals surface area contributed by atoms with Crippen LogP contribution in [0.4, 0.5) is 4.79 Å². The number of hydrogen-bond donors (Lipinski definition) is 2. The first-order valence-electron chi connectivity index (χ1n) is 4.62. The SMILES string of the molecule is CN(C)C1CCCCC1.O=C(O)O. The number of carbonyl (C=O) groups is 1. The van der Waals surface area contributed by atoms with Crippen molar-refractivity contribution in [3.63, 3.8) is 0 Å². The minimum Gasteiger partial charge on any atom is -0.450 e. The molecule has 0 bridgehead atoms. The Kier molecular flexibility index (Phi) is 6.32. The molecule has 0 heterocycles. The van der Waals surface area contributed by atoms with Gasteiger partial charge in [0.05, 0.1) is 0 Å². The molecule has 0 atom stereocenters. The van der Waals surface area contributed by atoms with Gasteiger partial charge in [0.1, 0.15) is 0 Å². The smallest absolute Gasteiger partial charge is 0.450 e. The second-order valence-corrected chi connectivity index (χ2v) is 3.54. The van der Waals surface area contributed by atoms with E-state index in [0.717, 1.165) is 6.04 Å². The first-order valence-corrected chi connectivity index (χ1v) is 4.62. The molecule has 1 rings (SSSR count). The van der Waals surface area contributed by atoms with Gasteiger partial charge < -0.3 is 15.1 Å². The van der Waals surface area contributed by atoms with Crippen molar-refractivity contribution in [2.75, 3.05) is 14.1 Å². The number of carboxylic acid groups (broad SMARTS) is 2. The number of hydrogen-bond acceptors (Lipinski definition) is 2. The fourth-order valence-electron chi connectivity index (χ4n) is 1.60. The van der Waals surface area contributed by atoms with Crippen LogP contribution in [-0.2, 0) is 0 Å². The van der Waals surface area contributed by atoms with Crippen molar-refractivity contribution < 1.29 is 15.0 Å². The molecule has 0 radical (unpaired) electrons. The van der Waals surface area contributed by atoms with Crippen LogP contribution >= 0.6 is 0 Å². The van der Waals surface area contributed by atoms with Crippen LogP contribution in [0.15, 0.2) is 0 Å². The monoisotopic (exact) mass is 189 g/mol. The van der Waals surface area contributed by atoms with Gasteiger partial charge in [-0.1, -0.05) is 19.3 Å². The summed E-state index contributed by atoms with van der Waals surface area (Å²) in [6.45, 7) is 0. The summed E-state index contributed by atoms with van der Waals surface area (Å²) in [5.41, 5.74) is 0. The highest BCUT2D eigenvalue weighted by molar-refractivity contribution is 5.53. The zero-order valence-corrected chi connectivity index (χ0v) is 8.36. The first-order chi connectivity index (χ1) is 6.04. The van der Waals surface area contributed by atoms with Gasteiger partial charge in [0.25, 0.3) is 0 Å². The highest BCUT2D eigenvalue weighted by atomic mass is 16.6. The fraction of sp³-hybridized carbons (Fsp3) is 0.889. The Morgan fingerprint density at radius 2 is 1.54 bits per heavy atom. The zero-order chi connectivity index (χ0) is 10.3. The van der Waals surface area contributed by atoms with Gasteiger partial charge in [-0.2, -0.15) is 0 Å². The van der Waals surface area contributed by atoms with Crippen molar-refractivity contribution in [1.29, 1.82) is 0 Å². The predicted octanol–water partition coefficient (Wildman–Crippen LogP) is 2.10. The lowest BCUT2D eigenvalue weighted by atomic mass is 9.95. The van der Waals surface area contributed by atoms with E-state index in [1.165, 1.54) is 32.1 Å². The van der Waals surface area contributed by atoms with E-state index in [1.807, 2.05) is 0 Å². The molecule has 0 unspecified atom stereocenters. The molecule has 0 aromatic carbocycles. The summed E-state index contributed by atoms with van der Waals surface area (Å²) in [5, 5.41) is 13.9. The topological polar surface area (TPSA) is 60.8 Å². The Morgan fingerprint density at radius 1 is 1.15 bits per heavy atom. The number of rotatable bonds is 1. The third-order valence-corrected chi connectivity index (χ3v) is 2.30. The van der Waals surface area contributed by atoms with E-state index in [4.69, 9.17) is 15.0 Å². The van der Waals surface area contributed by atoms with Gasteiger partial charge in [-0.3, -0.25) is 0 Å².